The number of ether oxygens (including phenoxy) is 1. The maximum absolute atomic E-state index is 10.1. The number of rotatable bonds is 6. The van der Waals surface area contributed by atoms with Gasteiger partial charge in [-0.3, -0.25) is 4.90 Å². The quantitative estimate of drug-likeness (QED) is 0.863. The molecule has 1 heterocycles. The molecule has 0 aliphatic carbocycles. The van der Waals surface area contributed by atoms with Gasteiger partial charge in [0.15, 0.2) is 0 Å². The highest BCUT2D eigenvalue weighted by molar-refractivity contribution is 5.34. The number of β-amino-alcohol motifs (C(OH)–C–C–N with tert-alkyl or cyclic N) is 1. The Morgan fingerprint density at radius 1 is 1.45 bits per heavy atom. The van der Waals surface area contributed by atoms with Crippen LogP contribution in [0, 0.1) is 11.3 Å². The van der Waals surface area contributed by atoms with Gasteiger partial charge in [0.1, 0.15) is 18.5 Å². The molecule has 1 fully saturated rings. The third-order valence-electron chi connectivity index (χ3n) is 3.84. The SMILES string of the molecule is CCC1CCCN1CC(O)COc1ccc(C#N)cc1. The van der Waals surface area contributed by atoms with E-state index in [0.29, 0.717) is 30.5 Å². The van der Waals surface area contributed by atoms with Gasteiger partial charge in [-0.15, -0.1) is 0 Å². The van der Waals surface area contributed by atoms with Gasteiger partial charge in [-0.1, -0.05) is 6.92 Å². The summed E-state index contributed by atoms with van der Waals surface area (Å²) in [4.78, 5) is 2.35. The first kappa shape index (κ1) is 14.8. The van der Waals surface area contributed by atoms with Crippen LogP contribution in [0.4, 0.5) is 0 Å². The Hall–Kier alpha value is -1.57. The first-order valence-electron chi connectivity index (χ1n) is 7.28. The van der Waals surface area contributed by atoms with Gasteiger partial charge in [-0.2, -0.15) is 5.26 Å². The molecule has 1 N–H and O–H groups in total. The summed E-state index contributed by atoms with van der Waals surface area (Å²) < 4.78 is 5.56. The van der Waals surface area contributed by atoms with E-state index in [0.717, 1.165) is 13.0 Å². The molecule has 1 aromatic carbocycles. The topological polar surface area (TPSA) is 56.5 Å². The van der Waals surface area contributed by atoms with Gasteiger partial charge in [0, 0.05) is 12.6 Å². The zero-order valence-corrected chi connectivity index (χ0v) is 12.0. The smallest absolute Gasteiger partial charge is 0.119 e. The highest BCUT2D eigenvalue weighted by Crippen LogP contribution is 2.20. The number of benzene rings is 1. The molecule has 0 spiro atoms. The van der Waals surface area contributed by atoms with Crippen molar-refractivity contribution in [3.8, 4) is 11.8 Å². The van der Waals surface area contributed by atoms with Crippen LogP contribution < -0.4 is 4.74 Å². The molecule has 0 saturated carbocycles. The van der Waals surface area contributed by atoms with Gasteiger partial charge in [0.2, 0.25) is 0 Å². The van der Waals surface area contributed by atoms with Gasteiger partial charge in [0.25, 0.3) is 0 Å². The molecule has 4 nitrogen and oxygen atoms in total. The van der Waals surface area contributed by atoms with E-state index in [2.05, 4.69) is 17.9 Å². The zero-order valence-electron chi connectivity index (χ0n) is 12.0. The molecule has 1 saturated heterocycles. The van der Waals surface area contributed by atoms with Crippen molar-refractivity contribution >= 4 is 0 Å². The van der Waals surface area contributed by atoms with Crippen LogP contribution in [0.3, 0.4) is 0 Å². The van der Waals surface area contributed by atoms with Crippen LogP contribution in [0.15, 0.2) is 24.3 Å². The molecular formula is C16H22N2O2. The monoisotopic (exact) mass is 274 g/mol. The molecule has 0 aromatic heterocycles. The first-order chi connectivity index (χ1) is 9.72. The molecular weight excluding hydrogens is 252 g/mol. The highest BCUT2D eigenvalue weighted by atomic mass is 16.5. The molecule has 108 valence electrons. The molecule has 4 heteroatoms. The Morgan fingerprint density at radius 2 is 2.20 bits per heavy atom. The number of aliphatic hydroxyl groups is 1. The molecule has 2 unspecified atom stereocenters. The Kier molecular flexibility index (Phi) is 5.40. The molecule has 0 amide bonds. The predicted octanol–water partition coefficient (Wildman–Crippen LogP) is 2.17. The second kappa shape index (κ2) is 7.28. The summed E-state index contributed by atoms with van der Waals surface area (Å²) in [6, 6.07) is 9.63. The second-order valence-corrected chi connectivity index (χ2v) is 5.30. The van der Waals surface area contributed by atoms with Crippen molar-refractivity contribution in [3.63, 3.8) is 0 Å². The molecule has 1 aliphatic heterocycles. The molecule has 0 radical (unpaired) electrons. The van der Waals surface area contributed by atoms with E-state index in [4.69, 9.17) is 10.00 Å². The summed E-state index contributed by atoms with van der Waals surface area (Å²) >= 11 is 0. The molecule has 20 heavy (non-hydrogen) atoms. The Morgan fingerprint density at radius 3 is 2.85 bits per heavy atom. The molecule has 1 aromatic rings. The average molecular weight is 274 g/mol. The van der Waals surface area contributed by atoms with E-state index >= 15 is 0 Å². The van der Waals surface area contributed by atoms with Crippen molar-refractivity contribution in [1.29, 1.82) is 5.26 Å². The van der Waals surface area contributed by atoms with Crippen molar-refractivity contribution in [2.24, 2.45) is 0 Å². The first-order valence-corrected chi connectivity index (χ1v) is 7.28. The average Bonchev–Trinajstić information content (AvgIpc) is 2.92. The Bertz CT molecular complexity index is 453. The third-order valence-corrected chi connectivity index (χ3v) is 3.84. The number of likely N-dealkylation sites (tertiary alicyclic amines) is 1. The van der Waals surface area contributed by atoms with Gasteiger partial charge in [-0.05, 0) is 50.1 Å². The summed E-state index contributed by atoms with van der Waals surface area (Å²) in [5, 5.41) is 18.8. The van der Waals surface area contributed by atoms with Crippen LogP contribution in [0.25, 0.3) is 0 Å². The summed E-state index contributed by atoms with van der Waals surface area (Å²) in [5.41, 5.74) is 0.612. The van der Waals surface area contributed by atoms with Gasteiger partial charge >= 0.3 is 0 Å². The minimum absolute atomic E-state index is 0.291. The lowest BCUT2D eigenvalue weighted by atomic mass is 10.1. The minimum atomic E-state index is -0.474. The van der Waals surface area contributed by atoms with Gasteiger partial charge < -0.3 is 9.84 Å². The van der Waals surface area contributed by atoms with E-state index in [1.807, 2.05) is 0 Å². The van der Waals surface area contributed by atoms with E-state index in [-0.39, 0.29) is 0 Å². The third kappa shape index (κ3) is 3.96. The Balaban J connectivity index is 1.77. The fourth-order valence-electron chi connectivity index (χ4n) is 2.74. The summed E-state index contributed by atoms with van der Waals surface area (Å²) in [6.07, 6.45) is 3.13. The van der Waals surface area contributed by atoms with Crippen molar-refractivity contribution in [2.45, 2.75) is 38.3 Å². The summed E-state index contributed by atoms with van der Waals surface area (Å²) in [6.45, 7) is 4.24. The number of hydrogen-bond acceptors (Lipinski definition) is 4. The second-order valence-electron chi connectivity index (χ2n) is 5.30. The predicted molar refractivity (Wildman–Crippen MR) is 77.5 cm³/mol. The minimum Gasteiger partial charge on any atom is -0.491 e. The van der Waals surface area contributed by atoms with E-state index in [9.17, 15) is 5.11 Å². The molecule has 0 bridgehead atoms. The Labute approximate surface area is 120 Å². The van der Waals surface area contributed by atoms with Gasteiger partial charge in [0.05, 0.1) is 11.6 Å². The van der Waals surface area contributed by atoms with Crippen molar-refractivity contribution in [3.05, 3.63) is 29.8 Å². The van der Waals surface area contributed by atoms with Crippen LogP contribution in [-0.4, -0.2) is 41.8 Å². The number of nitrogens with zero attached hydrogens (tertiary/aromatic N) is 2. The van der Waals surface area contributed by atoms with Crippen LogP contribution >= 0.6 is 0 Å². The maximum Gasteiger partial charge on any atom is 0.119 e. The summed E-state index contributed by atoms with van der Waals surface area (Å²) in [7, 11) is 0. The zero-order chi connectivity index (χ0) is 14.4. The van der Waals surface area contributed by atoms with E-state index < -0.39 is 6.10 Å². The lowest BCUT2D eigenvalue weighted by Crippen LogP contribution is -2.38. The van der Waals surface area contributed by atoms with Crippen molar-refractivity contribution in [1.82, 2.24) is 4.90 Å². The lowest BCUT2D eigenvalue weighted by molar-refractivity contribution is 0.0634. The fraction of sp³-hybridized carbons (Fsp3) is 0.562. The lowest BCUT2D eigenvalue weighted by Gasteiger charge is -2.25. The van der Waals surface area contributed by atoms with Crippen LogP contribution in [0.1, 0.15) is 31.7 Å². The van der Waals surface area contributed by atoms with E-state index in [1.54, 1.807) is 24.3 Å². The van der Waals surface area contributed by atoms with Gasteiger partial charge in [-0.25, -0.2) is 0 Å². The summed E-state index contributed by atoms with van der Waals surface area (Å²) in [5.74, 6) is 0.691. The van der Waals surface area contributed by atoms with E-state index in [1.165, 1.54) is 12.8 Å². The molecule has 2 rings (SSSR count). The fourth-order valence-corrected chi connectivity index (χ4v) is 2.74. The van der Waals surface area contributed by atoms with Crippen LogP contribution in [0.2, 0.25) is 0 Å². The largest absolute Gasteiger partial charge is 0.491 e. The standard InChI is InChI=1S/C16H22N2O2/c1-2-14-4-3-9-18(14)11-15(19)12-20-16-7-5-13(10-17)6-8-16/h5-8,14-15,19H,2-4,9,11-12H2,1H3. The molecule has 2 atom stereocenters. The van der Waals surface area contributed by atoms with Crippen LogP contribution in [0.5, 0.6) is 5.75 Å². The van der Waals surface area contributed by atoms with Crippen LogP contribution in [-0.2, 0) is 0 Å². The van der Waals surface area contributed by atoms with Crippen molar-refractivity contribution < 1.29 is 9.84 Å². The number of nitriles is 1. The number of aliphatic hydroxyl groups excluding tert-OH is 1. The van der Waals surface area contributed by atoms with Crippen molar-refractivity contribution in [2.75, 3.05) is 19.7 Å². The normalized spacial score (nSPS) is 20.6. The number of hydrogen-bond donors (Lipinski definition) is 1. The maximum atomic E-state index is 10.1. The highest BCUT2D eigenvalue weighted by Gasteiger charge is 2.24. The molecule has 1 aliphatic rings.